The fourth-order valence-corrected chi connectivity index (χ4v) is 3.20. The quantitative estimate of drug-likeness (QED) is 0.918. The van der Waals surface area contributed by atoms with Gasteiger partial charge in [-0.2, -0.15) is 13.2 Å². The summed E-state index contributed by atoms with van der Waals surface area (Å²) < 4.78 is 42.5. The molecule has 0 aliphatic carbocycles. The van der Waals surface area contributed by atoms with E-state index in [4.69, 9.17) is 0 Å². The van der Waals surface area contributed by atoms with Crippen molar-refractivity contribution < 1.29 is 27.6 Å². The third-order valence-electron chi connectivity index (χ3n) is 3.38. The van der Waals surface area contributed by atoms with Gasteiger partial charge in [0.2, 0.25) is 5.76 Å². The molecule has 0 bridgehead atoms. The highest BCUT2D eigenvalue weighted by Crippen LogP contribution is 2.38. The fourth-order valence-electron chi connectivity index (χ4n) is 2.19. The van der Waals surface area contributed by atoms with Crippen LogP contribution in [0.4, 0.5) is 13.2 Å². The summed E-state index contributed by atoms with van der Waals surface area (Å²) >= 11 is 1.05. The number of aromatic nitrogens is 1. The molecule has 1 aliphatic rings. The van der Waals surface area contributed by atoms with Crippen molar-refractivity contribution >= 4 is 17.2 Å². The van der Waals surface area contributed by atoms with Gasteiger partial charge in [0.25, 0.3) is 5.91 Å². The lowest BCUT2D eigenvalue weighted by Gasteiger charge is -2.35. The number of aliphatic hydroxyl groups is 1. The van der Waals surface area contributed by atoms with E-state index in [9.17, 15) is 23.1 Å². The molecule has 0 saturated carbocycles. The number of halogens is 3. The second-order valence-corrected chi connectivity index (χ2v) is 6.09. The Morgan fingerprint density at radius 1 is 1.45 bits per heavy atom. The molecule has 0 radical (unpaired) electrons. The normalized spacial score (nSPS) is 16.0. The molecule has 0 spiro atoms. The van der Waals surface area contributed by atoms with Gasteiger partial charge in [-0.1, -0.05) is 5.16 Å². The Labute approximate surface area is 126 Å². The van der Waals surface area contributed by atoms with Gasteiger partial charge < -0.3 is 14.5 Å². The molecule has 0 unspecified atom stereocenters. The first-order valence-corrected chi connectivity index (χ1v) is 7.20. The standard InChI is InChI=1S/C13H11F3N2O3S/c1-6-10(17-21-11(6)13(14,15)16)8-2-3-9(22-8)12(20)18-4-7(19)5-18/h2-3,7,19H,4-5H2,1H3. The summed E-state index contributed by atoms with van der Waals surface area (Å²) in [6.45, 7) is 1.82. The highest BCUT2D eigenvalue weighted by Gasteiger charge is 2.39. The maximum absolute atomic E-state index is 12.7. The number of carbonyl (C=O) groups excluding carboxylic acids is 1. The second-order valence-electron chi connectivity index (χ2n) is 5.01. The van der Waals surface area contributed by atoms with Crippen LogP contribution in [-0.4, -0.2) is 40.3 Å². The van der Waals surface area contributed by atoms with Crippen LogP contribution in [0, 0.1) is 6.92 Å². The molecule has 3 rings (SSSR count). The summed E-state index contributed by atoms with van der Waals surface area (Å²) in [5.74, 6) is -1.38. The van der Waals surface area contributed by atoms with Gasteiger partial charge in [0.1, 0.15) is 5.69 Å². The van der Waals surface area contributed by atoms with E-state index >= 15 is 0 Å². The van der Waals surface area contributed by atoms with Crippen LogP contribution in [0.5, 0.6) is 0 Å². The molecule has 118 valence electrons. The number of thiophene rings is 1. The summed E-state index contributed by atoms with van der Waals surface area (Å²) in [5, 5.41) is 12.7. The fraction of sp³-hybridized carbons (Fsp3) is 0.385. The first-order valence-electron chi connectivity index (χ1n) is 6.38. The maximum Gasteiger partial charge on any atom is 0.452 e. The number of nitrogens with zero attached hydrogens (tertiary/aromatic N) is 2. The average Bonchev–Trinajstić information content (AvgIpc) is 2.99. The molecule has 3 heterocycles. The van der Waals surface area contributed by atoms with E-state index in [0.717, 1.165) is 11.3 Å². The molecule has 1 saturated heterocycles. The molecule has 1 fully saturated rings. The maximum atomic E-state index is 12.7. The van der Waals surface area contributed by atoms with Crippen molar-refractivity contribution in [3.05, 3.63) is 28.3 Å². The van der Waals surface area contributed by atoms with Crippen LogP contribution in [0.1, 0.15) is 21.0 Å². The first kappa shape index (κ1) is 15.0. The number of hydrogen-bond acceptors (Lipinski definition) is 5. The molecule has 9 heteroatoms. The van der Waals surface area contributed by atoms with Crippen LogP contribution in [-0.2, 0) is 6.18 Å². The summed E-state index contributed by atoms with van der Waals surface area (Å²) in [5.41, 5.74) is -0.0206. The zero-order valence-corrected chi connectivity index (χ0v) is 12.2. The van der Waals surface area contributed by atoms with E-state index in [-0.39, 0.29) is 30.3 Å². The third kappa shape index (κ3) is 2.50. The molecule has 2 aromatic rings. The number of hydrogen-bond donors (Lipinski definition) is 1. The Balaban J connectivity index is 1.85. The van der Waals surface area contributed by atoms with Crippen LogP contribution in [0.25, 0.3) is 10.6 Å². The minimum absolute atomic E-state index is 0.0834. The van der Waals surface area contributed by atoms with E-state index in [1.165, 1.54) is 17.9 Å². The van der Waals surface area contributed by atoms with Gasteiger partial charge in [0.15, 0.2) is 0 Å². The van der Waals surface area contributed by atoms with Gasteiger partial charge >= 0.3 is 6.18 Å². The minimum atomic E-state index is -4.60. The van der Waals surface area contributed by atoms with E-state index < -0.39 is 18.0 Å². The summed E-state index contributed by atoms with van der Waals surface area (Å²) in [4.78, 5) is 14.4. The largest absolute Gasteiger partial charge is 0.452 e. The van der Waals surface area contributed by atoms with Crippen molar-refractivity contribution in [2.45, 2.75) is 19.2 Å². The second kappa shape index (κ2) is 5.10. The molecule has 5 nitrogen and oxygen atoms in total. The zero-order chi connectivity index (χ0) is 16.1. The number of alkyl halides is 3. The van der Waals surface area contributed by atoms with Gasteiger partial charge in [-0.25, -0.2) is 0 Å². The number of amides is 1. The van der Waals surface area contributed by atoms with Crippen molar-refractivity contribution in [3.8, 4) is 10.6 Å². The molecule has 1 aliphatic heterocycles. The van der Waals surface area contributed by atoms with Crippen LogP contribution in [0.15, 0.2) is 16.7 Å². The van der Waals surface area contributed by atoms with E-state index in [0.29, 0.717) is 9.75 Å². The highest BCUT2D eigenvalue weighted by atomic mass is 32.1. The van der Waals surface area contributed by atoms with Gasteiger partial charge in [0.05, 0.1) is 15.9 Å². The molecular formula is C13H11F3N2O3S. The predicted octanol–water partition coefficient (Wildman–Crippen LogP) is 2.55. The number of aliphatic hydroxyl groups excluding tert-OH is 1. The lowest BCUT2D eigenvalue weighted by molar-refractivity contribution is -0.156. The lowest BCUT2D eigenvalue weighted by atomic mass is 10.1. The smallest absolute Gasteiger partial charge is 0.389 e. The minimum Gasteiger partial charge on any atom is -0.389 e. The van der Waals surface area contributed by atoms with Gasteiger partial charge in [0, 0.05) is 18.7 Å². The monoisotopic (exact) mass is 332 g/mol. The Morgan fingerprint density at radius 3 is 2.68 bits per heavy atom. The summed E-state index contributed by atoms with van der Waals surface area (Å²) in [7, 11) is 0. The first-order chi connectivity index (χ1) is 10.3. The molecular weight excluding hydrogens is 321 g/mol. The van der Waals surface area contributed by atoms with Crippen LogP contribution in [0.2, 0.25) is 0 Å². The van der Waals surface area contributed by atoms with E-state index in [1.807, 2.05) is 0 Å². The number of rotatable bonds is 2. The van der Waals surface area contributed by atoms with Crippen molar-refractivity contribution in [2.75, 3.05) is 13.1 Å². The van der Waals surface area contributed by atoms with Crippen molar-refractivity contribution in [2.24, 2.45) is 0 Å². The molecule has 1 amide bonds. The molecule has 0 atom stereocenters. The SMILES string of the molecule is Cc1c(-c2ccc(C(=O)N3CC(O)C3)s2)noc1C(F)(F)F. The number of likely N-dealkylation sites (tertiary alicyclic amines) is 1. The summed E-state index contributed by atoms with van der Waals surface area (Å²) in [6, 6.07) is 3.08. The highest BCUT2D eigenvalue weighted by molar-refractivity contribution is 7.17. The third-order valence-corrected chi connectivity index (χ3v) is 4.46. The Hall–Kier alpha value is -1.87. The molecule has 2 aromatic heterocycles. The Bertz CT molecular complexity index is 716. The van der Waals surface area contributed by atoms with Crippen molar-refractivity contribution in [3.63, 3.8) is 0 Å². The van der Waals surface area contributed by atoms with Gasteiger partial charge in [-0.3, -0.25) is 4.79 Å². The van der Waals surface area contributed by atoms with Gasteiger partial charge in [-0.15, -0.1) is 11.3 Å². The number of β-amino-alcohol motifs (C(OH)–C–C–N with tert-alkyl or cyclic N) is 1. The number of carbonyl (C=O) groups is 1. The average molecular weight is 332 g/mol. The Morgan fingerprint density at radius 2 is 2.14 bits per heavy atom. The zero-order valence-electron chi connectivity index (χ0n) is 11.3. The predicted molar refractivity (Wildman–Crippen MR) is 71.5 cm³/mol. The van der Waals surface area contributed by atoms with E-state index in [1.54, 1.807) is 6.07 Å². The summed E-state index contributed by atoms with van der Waals surface area (Å²) in [6.07, 6.45) is -5.10. The Kier molecular flexibility index (Phi) is 3.48. The van der Waals surface area contributed by atoms with Crippen molar-refractivity contribution in [1.82, 2.24) is 10.1 Å². The van der Waals surface area contributed by atoms with Crippen LogP contribution >= 0.6 is 11.3 Å². The van der Waals surface area contributed by atoms with Crippen LogP contribution < -0.4 is 0 Å². The van der Waals surface area contributed by atoms with Crippen molar-refractivity contribution in [1.29, 1.82) is 0 Å². The molecule has 1 N–H and O–H groups in total. The van der Waals surface area contributed by atoms with Gasteiger partial charge in [-0.05, 0) is 19.1 Å². The van der Waals surface area contributed by atoms with Crippen LogP contribution in [0.3, 0.4) is 0 Å². The lowest BCUT2D eigenvalue weighted by Crippen LogP contribution is -2.53. The molecule has 22 heavy (non-hydrogen) atoms. The molecule has 0 aromatic carbocycles. The topological polar surface area (TPSA) is 66.6 Å². The van der Waals surface area contributed by atoms with E-state index in [2.05, 4.69) is 9.68 Å².